The Morgan fingerprint density at radius 1 is 0.508 bits per heavy atom. The molecular weight excluding hydrogens is 1960 g/mol. The number of hydrogen-bond donors (Lipinski definition) is 9. The number of rotatable bonds is 15. The van der Waals surface area contributed by atoms with E-state index in [1.54, 1.807) is 143 Å². The van der Waals surface area contributed by atoms with Gasteiger partial charge in [0.25, 0.3) is 11.8 Å². The fourth-order valence-corrected chi connectivity index (χ4v) is 14.2. The molecule has 4 aliphatic rings. The number of nitrogens with zero attached hydrogens (tertiary/aromatic N) is 17. The van der Waals surface area contributed by atoms with Crippen LogP contribution in [0.1, 0.15) is 123 Å². The van der Waals surface area contributed by atoms with E-state index in [0.29, 0.717) is 76.8 Å². The molecule has 38 nitrogen and oxygen atoms in total. The van der Waals surface area contributed by atoms with Crippen LogP contribution in [0.3, 0.4) is 0 Å². The topological polar surface area (TPSA) is 530 Å². The smallest absolute Gasteiger partial charge is 0.411 e. The average Bonchev–Trinajstić information content (AvgIpc) is 1.61. The van der Waals surface area contributed by atoms with Gasteiger partial charge in [0.2, 0.25) is 23.6 Å². The number of nitrogens with one attached hydrogen (secondary N) is 4. The summed E-state index contributed by atoms with van der Waals surface area (Å²) in [4.78, 5) is 164. The normalized spacial score (nSPS) is 17.3. The molecule has 10 aromatic rings. The number of carbonyl (C=O) groups excluding carboxylic acids is 8. The zero-order chi connectivity index (χ0) is 97.5. The zero-order valence-electron chi connectivity index (χ0n) is 72.6. The number of halogens is 4. The van der Waals surface area contributed by atoms with Gasteiger partial charge >= 0.3 is 24.1 Å². The molecule has 14 rings (SSSR count). The Hall–Kier alpha value is -10.9. The van der Waals surface area contributed by atoms with Crippen LogP contribution < -0.4 is 38.5 Å². The van der Waals surface area contributed by atoms with Crippen LogP contribution in [0.5, 0.6) is 0 Å². The second kappa shape index (κ2) is 53.1. The summed E-state index contributed by atoms with van der Waals surface area (Å²) in [7, 11) is 3.26. The van der Waals surface area contributed by atoms with Crippen LogP contribution in [0, 0.1) is 41.5 Å². The van der Waals surface area contributed by atoms with E-state index in [9.17, 15) is 65.5 Å². The van der Waals surface area contributed by atoms with E-state index < -0.39 is 120 Å². The maximum Gasteiger partial charge on any atom is 0.411 e. The van der Waals surface area contributed by atoms with Gasteiger partial charge in [0, 0.05) is 185 Å². The van der Waals surface area contributed by atoms with E-state index >= 15 is 0 Å². The average molecular weight is 2050 g/mol. The largest absolute Gasteiger partial charge is 0.480 e. The molecular formula is C78H94F4N24O14S12. The van der Waals surface area contributed by atoms with Crippen molar-refractivity contribution in [1.82, 2.24) is 89.4 Å². The highest BCUT2D eigenvalue weighted by Crippen LogP contribution is 2.35. The van der Waals surface area contributed by atoms with Gasteiger partial charge in [-0.2, -0.15) is 23.7 Å². The third kappa shape index (κ3) is 35.2. The molecule has 0 unspecified atom stereocenters. The first-order valence-corrected chi connectivity index (χ1v) is 48.5. The van der Waals surface area contributed by atoms with Crippen molar-refractivity contribution in [3.8, 4) is 21.1 Å². The molecule has 0 aromatic carbocycles. The van der Waals surface area contributed by atoms with E-state index in [4.69, 9.17) is 36.9 Å². The van der Waals surface area contributed by atoms with Crippen molar-refractivity contribution in [2.45, 2.75) is 182 Å². The van der Waals surface area contributed by atoms with E-state index in [2.05, 4.69) is 148 Å². The number of thiazole rings is 2. The molecule has 8 atom stereocenters. The van der Waals surface area contributed by atoms with Crippen molar-refractivity contribution in [3.63, 3.8) is 0 Å². The number of aryl methyl sites for hydroxylation is 6. The summed E-state index contributed by atoms with van der Waals surface area (Å²) in [6, 6.07) is 17.8. The highest BCUT2D eigenvalue weighted by atomic mass is 33.2. The minimum atomic E-state index is -1.36. The molecule has 54 heteroatoms. The molecule has 0 saturated carbocycles. The lowest BCUT2D eigenvalue weighted by atomic mass is 10.2. The van der Waals surface area contributed by atoms with Crippen LogP contribution >= 0.6 is 36.2 Å². The van der Waals surface area contributed by atoms with E-state index in [0.717, 1.165) is 40.4 Å². The lowest BCUT2D eigenvalue weighted by Crippen LogP contribution is -2.45. The first-order chi connectivity index (χ1) is 61.8. The molecule has 4 fully saturated rings. The summed E-state index contributed by atoms with van der Waals surface area (Å²) in [5, 5.41) is 37.7. The molecule has 132 heavy (non-hydrogen) atoms. The van der Waals surface area contributed by atoms with Crippen LogP contribution in [-0.2, 0) is 145 Å². The number of aliphatic carboxylic acids is 2. The summed E-state index contributed by atoms with van der Waals surface area (Å²) in [6.07, 6.45) is 0.0000751. The number of alkyl halides is 4. The fourth-order valence-electron chi connectivity index (χ4n) is 12.2. The summed E-state index contributed by atoms with van der Waals surface area (Å²) in [5.41, 5.74) is 19.8. The van der Waals surface area contributed by atoms with Crippen LogP contribution in [0.25, 0.3) is 41.8 Å². The summed E-state index contributed by atoms with van der Waals surface area (Å²) in [6.45, 7) is 19.9. The number of amides is 8. The lowest BCUT2D eigenvalue weighted by molar-refractivity contribution is -0.142. The molecule has 14 heterocycles. The quantitative estimate of drug-likeness (QED) is 0.0436. The Kier molecular flexibility index (Phi) is 44.9. The Morgan fingerprint density at radius 2 is 0.856 bits per heavy atom. The Labute approximate surface area is 807 Å². The Morgan fingerprint density at radius 3 is 1.18 bits per heavy atom. The number of pyridine rings is 4. The van der Waals surface area contributed by atoms with Crippen molar-refractivity contribution >= 4 is 233 Å². The summed E-state index contributed by atoms with van der Waals surface area (Å²) in [5.74, 6) is -2.57. The van der Waals surface area contributed by atoms with E-state index in [1.165, 1.54) is 50.0 Å². The summed E-state index contributed by atoms with van der Waals surface area (Å²) < 4.78 is 67.5. The van der Waals surface area contributed by atoms with Crippen LogP contribution in [0.2, 0.25) is 0 Å². The van der Waals surface area contributed by atoms with Gasteiger partial charge in [-0.25, -0.2) is 91.1 Å². The van der Waals surface area contributed by atoms with Gasteiger partial charge in [-0.15, -0.1) is 22.7 Å². The number of likely N-dealkylation sites (tertiary alicyclic amines) is 3. The van der Waals surface area contributed by atoms with Gasteiger partial charge in [0.1, 0.15) is 121 Å². The third-order valence-corrected chi connectivity index (χ3v) is 22.1. The molecule has 0 aliphatic carbocycles. The van der Waals surface area contributed by atoms with Gasteiger partial charge in [-0.05, 0) is 132 Å². The number of hydrogen-bond acceptors (Lipinski definition) is 34. The number of carboxylic acid groups (broad SMARTS) is 2. The first-order valence-electron chi connectivity index (χ1n) is 38.8. The molecule has 8 amide bonds. The van der Waals surface area contributed by atoms with Crippen molar-refractivity contribution in [2.24, 2.45) is 11.5 Å². The maximum absolute atomic E-state index is 14.4. The number of nitrogen functional groups attached to an aromatic ring is 1. The number of carboxylic acids is 2. The SMILES string of the molecule is CC(C)(C)OC(=O)N1C[C@H](F)C[C@H]1C(=O)O.Cc1cccc(N)n1.Cc1cccc(NC(=O)[C@@H]2C[C@@H](F)CN2)n1.Cc1cccc(NC(=O)[C@@H]2C[C@@H](F)CN2C(=O)Cn2nc(C(N)=O)c3sc(-c4cnc(C)nc4)nc32)n1.Cc1cccc(NC(=O)[C@@H]2C[C@@H](F)CN2C(=O)OC(C)(C)C)n1.Cc1ncc(-c2nc3c(s2)c(C(N)=O)nn3CC(=O)O)cn1.S.S=S.S=S=S.S=S=S=S. The van der Waals surface area contributed by atoms with Gasteiger partial charge in [0.15, 0.2) is 22.7 Å². The van der Waals surface area contributed by atoms with Crippen molar-refractivity contribution in [2.75, 3.05) is 47.9 Å². The number of ether oxygens (including phenoxy) is 2. The second-order valence-corrected chi connectivity index (χ2v) is 37.7. The number of fused-ring (bicyclic) bond motifs is 2. The van der Waals surface area contributed by atoms with Crippen LogP contribution in [-0.4, -0.2) is 240 Å². The molecule has 0 radical (unpaired) electrons. The predicted molar refractivity (Wildman–Crippen MR) is 516 cm³/mol. The van der Waals surface area contributed by atoms with Crippen molar-refractivity contribution in [3.05, 3.63) is 143 Å². The molecule has 12 N–H and O–H groups in total. The zero-order valence-corrected chi connectivity index (χ0v) is 82.5. The molecule has 710 valence electrons. The molecule has 10 aromatic heterocycles. The third-order valence-electron chi connectivity index (χ3n) is 17.6. The highest BCUT2D eigenvalue weighted by molar-refractivity contribution is 8.51. The first kappa shape index (κ1) is 112. The molecule has 0 bridgehead atoms. The lowest BCUT2D eigenvalue weighted by Gasteiger charge is -2.27. The Bertz CT molecular complexity index is 5800. The van der Waals surface area contributed by atoms with Crippen LogP contribution in [0.4, 0.5) is 50.4 Å². The minimum Gasteiger partial charge on any atom is -0.480 e. The van der Waals surface area contributed by atoms with Gasteiger partial charge in [-0.1, -0.05) is 24.3 Å². The van der Waals surface area contributed by atoms with Crippen molar-refractivity contribution < 1.29 is 85.2 Å². The van der Waals surface area contributed by atoms with Crippen LogP contribution in [0.15, 0.2) is 97.6 Å². The van der Waals surface area contributed by atoms with E-state index in [1.807, 2.05) is 38.1 Å². The standard InChI is InChI=1S/C23H22FN9O3S.C16H22FN3O3.C12H10N6O3S.C11H14FN3O.C10H16FNO4.C6H8N2.S4.S3.S2.H2S/c1-11-4-3-5-16(28-11)29-22(36)15-6-14(24)9-32(15)17(34)10-33-21-19(18(31-33)20(25)35)37-23(30-21)13-7-26-12(2)27-8-13;1-10-6-5-7-13(18-10)19-14(21)12-8-11(17)9-20(12)15(22)23-16(2,3)4;1-5-14-2-6(3-15-5)12-16-11-9(22-12)8(10(13)21)17-18(11)4-7(19)20;1-7-3-2-4-10(14-7)15-11(16)9-5-8(12)6-13-9;1-10(2,3)16-9(15)12-5-6(11)4-7(12)8(13)14;1-5-3-2-4-6(7)8-5;1-3-4-2;1-3-2;1-2;/h3-5,7-8,14-15H,6,9-10H2,1-2H3,(H2,25,35)(H,28,29,36);5-7,11-12H,8-9H2,1-4H3,(H,18,19,21);2-3H,4H2,1H3,(H2,13,21)(H,19,20);2-4,8-9,13H,5-6H2,1H3,(H,14,15,16);6-7H,4-5H2,1-3H3,(H,13,14);2-4H,1H3,(H2,7,8);;;;1H2/t14-,15+;11-,12+;;8-,9+;6-,7+;;;;;/m11.11...../s1. The van der Waals surface area contributed by atoms with Gasteiger partial charge in [0.05, 0.1) is 25.7 Å². The highest BCUT2D eigenvalue weighted by Gasteiger charge is 2.45. The fraction of sp³-hybridized carbons (Fsp3) is 0.410. The number of carbonyl (C=O) groups is 10. The van der Waals surface area contributed by atoms with Gasteiger partial charge < -0.3 is 63.1 Å². The second-order valence-electron chi connectivity index (χ2n) is 30.4. The minimum absolute atomic E-state index is 0. The molecule has 4 saturated heterocycles. The molecule has 4 aliphatic heterocycles. The number of nitrogens with two attached hydrogens (primary N) is 3. The Balaban J connectivity index is 0.000000287. The number of primary amides is 2. The summed E-state index contributed by atoms with van der Waals surface area (Å²) >= 11 is 26.6. The van der Waals surface area contributed by atoms with E-state index in [-0.39, 0.29) is 94.8 Å². The number of anilines is 4. The predicted octanol–water partition coefficient (Wildman–Crippen LogP) is 8.27. The van der Waals surface area contributed by atoms with Crippen molar-refractivity contribution in [1.29, 1.82) is 0 Å². The number of aromatic nitrogens is 14. The monoisotopic (exact) mass is 2050 g/mol. The molecule has 0 spiro atoms. The maximum atomic E-state index is 14.4. The van der Waals surface area contributed by atoms with Gasteiger partial charge in [-0.3, -0.25) is 43.4 Å².